The predicted octanol–water partition coefficient (Wildman–Crippen LogP) is 5.69. The Hall–Kier alpha value is -2.56. The van der Waals surface area contributed by atoms with Gasteiger partial charge in [0, 0.05) is 30.8 Å². The van der Waals surface area contributed by atoms with Crippen LogP contribution in [0.15, 0.2) is 30.6 Å². The van der Waals surface area contributed by atoms with Crippen LogP contribution in [-0.4, -0.2) is 31.0 Å². The molecular weight excluding hydrogens is 430 g/mol. The molecule has 0 atom stereocenters. The van der Waals surface area contributed by atoms with Crippen LogP contribution < -0.4 is 0 Å². The molecule has 0 saturated heterocycles. The van der Waals surface area contributed by atoms with Gasteiger partial charge in [-0.05, 0) is 30.0 Å². The highest BCUT2D eigenvalue weighted by molar-refractivity contribution is 7.99. The van der Waals surface area contributed by atoms with Crippen molar-refractivity contribution in [2.45, 2.75) is 19.3 Å². The summed E-state index contributed by atoms with van der Waals surface area (Å²) in [5.74, 6) is 1.58. The first-order valence-corrected chi connectivity index (χ1v) is 9.87. The minimum atomic E-state index is -4.54. The van der Waals surface area contributed by atoms with E-state index in [0.717, 1.165) is 30.3 Å². The van der Waals surface area contributed by atoms with E-state index in [-0.39, 0.29) is 16.9 Å². The van der Waals surface area contributed by atoms with E-state index in [1.165, 1.54) is 17.8 Å². The molecule has 160 valence electrons. The summed E-state index contributed by atoms with van der Waals surface area (Å²) in [6.45, 7) is 1.94. The second-order valence-corrected chi connectivity index (χ2v) is 7.61. The van der Waals surface area contributed by atoms with Gasteiger partial charge in [-0.25, -0.2) is 9.97 Å². The SMILES string of the molecule is CCSC/C(=C\c1ccc(C(F)(F)F)cn1)c1nc2cc(C(F)(F)F)cnc2n1C. The molecule has 0 aliphatic heterocycles. The zero-order chi connectivity index (χ0) is 22.1. The van der Waals surface area contributed by atoms with Gasteiger partial charge in [0.2, 0.25) is 0 Å². The molecule has 0 unspecified atom stereocenters. The fourth-order valence-electron chi connectivity index (χ4n) is 2.74. The van der Waals surface area contributed by atoms with Gasteiger partial charge >= 0.3 is 12.4 Å². The Morgan fingerprint density at radius 3 is 2.27 bits per heavy atom. The average Bonchev–Trinajstić information content (AvgIpc) is 3.00. The lowest BCUT2D eigenvalue weighted by Crippen LogP contribution is -2.06. The quantitative estimate of drug-likeness (QED) is 0.472. The second-order valence-electron chi connectivity index (χ2n) is 6.34. The van der Waals surface area contributed by atoms with Crippen molar-refractivity contribution in [3.05, 3.63) is 53.2 Å². The Kier molecular flexibility index (Phi) is 6.11. The molecular formula is C19H16F6N4S. The number of nitrogens with zero attached hydrogens (tertiary/aromatic N) is 4. The molecule has 0 amide bonds. The van der Waals surface area contributed by atoms with Crippen LogP contribution in [0.3, 0.4) is 0 Å². The molecule has 0 aromatic carbocycles. The third kappa shape index (κ3) is 4.77. The lowest BCUT2D eigenvalue weighted by Gasteiger charge is -2.09. The summed E-state index contributed by atoms with van der Waals surface area (Å²) in [5.41, 5.74) is -0.525. The molecule has 0 radical (unpaired) electrons. The first-order chi connectivity index (χ1) is 14.0. The highest BCUT2D eigenvalue weighted by Crippen LogP contribution is 2.32. The topological polar surface area (TPSA) is 43.6 Å². The number of thioether (sulfide) groups is 1. The van der Waals surface area contributed by atoms with Gasteiger partial charge in [-0.15, -0.1) is 0 Å². The Labute approximate surface area is 172 Å². The van der Waals surface area contributed by atoms with Crippen molar-refractivity contribution >= 4 is 34.6 Å². The number of alkyl halides is 6. The molecule has 0 aliphatic carbocycles. The normalized spacial score (nSPS) is 13.3. The van der Waals surface area contributed by atoms with Crippen molar-refractivity contribution in [3.8, 4) is 0 Å². The average molecular weight is 446 g/mol. The number of rotatable bonds is 5. The van der Waals surface area contributed by atoms with E-state index in [1.807, 2.05) is 6.92 Å². The van der Waals surface area contributed by atoms with Crippen LogP contribution in [0.2, 0.25) is 0 Å². The van der Waals surface area contributed by atoms with Crippen LogP contribution in [0.1, 0.15) is 29.6 Å². The van der Waals surface area contributed by atoms with Crippen LogP contribution in [-0.2, 0) is 19.4 Å². The third-order valence-corrected chi connectivity index (χ3v) is 5.14. The zero-order valence-electron chi connectivity index (χ0n) is 15.8. The van der Waals surface area contributed by atoms with E-state index in [0.29, 0.717) is 17.2 Å². The summed E-state index contributed by atoms with van der Waals surface area (Å²) in [4.78, 5) is 12.0. The van der Waals surface area contributed by atoms with Crippen molar-refractivity contribution in [1.82, 2.24) is 19.5 Å². The van der Waals surface area contributed by atoms with E-state index in [2.05, 4.69) is 15.0 Å². The summed E-state index contributed by atoms with van der Waals surface area (Å²) in [5, 5.41) is 0. The standard InChI is InChI=1S/C19H16F6N4S/c1-3-30-10-11(6-14-5-4-12(8-26-14)18(20,21)22)16-28-15-7-13(19(23,24)25)9-27-17(15)29(16)2/h4-9H,3,10H2,1-2H3/b11-6+. The molecule has 0 fully saturated rings. The van der Waals surface area contributed by atoms with E-state index < -0.39 is 23.5 Å². The molecule has 4 nitrogen and oxygen atoms in total. The Morgan fingerprint density at radius 1 is 1.03 bits per heavy atom. The van der Waals surface area contributed by atoms with E-state index in [9.17, 15) is 26.3 Å². The van der Waals surface area contributed by atoms with Crippen molar-refractivity contribution in [2.75, 3.05) is 11.5 Å². The number of pyridine rings is 2. The summed E-state index contributed by atoms with van der Waals surface area (Å²) in [7, 11) is 1.62. The minimum Gasteiger partial charge on any atom is -0.312 e. The number of fused-ring (bicyclic) bond motifs is 1. The molecule has 0 bridgehead atoms. The number of aromatic nitrogens is 4. The molecule has 3 aromatic rings. The van der Waals surface area contributed by atoms with Gasteiger partial charge in [-0.2, -0.15) is 38.1 Å². The van der Waals surface area contributed by atoms with Crippen molar-refractivity contribution in [3.63, 3.8) is 0 Å². The molecule has 30 heavy (non-hydrogen) atoms. The van der Waals surface area contributed by atoms with Crippen LogP contribution in [0.25, 0.3) is 22.8 Å². The molecule has 3 heterocycles. The Morgan fingerprint density at radius 2 is 1.70 bits per heavy atom. The Bertz CT molecular complexity index is 1070. The molecule has 3 rings (SSSR count). The largest absolute Gasteiger partial charge is 0.417 e. The van der Waals surface area contributed by atoms with Crippen molar-refractivity contribution < 1.29 is 26.3 Å². The van der Waals surface area contributed by atoms with E-state index >= 15 is 0 Å². The maximum atomic E-state index is 13.0. The van der Waals surface area contributed by atoms with Gasteiger partial charge in [0.15, 0.2) is 5.65 Å². The summed E-state index contributed by atoms with van der Waals surface area (Å²) < 4.78 is 78.7. The highest BCUT2D eigenvalue weighted by atomic mass is 32.2. The highest BCUT2D eigenvalue weighted by Gasteiger charge is 2.32. The van der Waals surface area contributed by atoms with Gasteiger partial charge < -0.3 is 4.57 Å². The first-order valence-electron chi connectivity index (χ1n) is 8.72. The van der Waals surface area contributed by atoms with Gasteiger partial charge in [0.05, 0.1) is 16.8 Å². The third-order valence-electron chi connectivity index (χ3n) is 4.22. The minimum absolute atomic E-state index is 0.0788. The summed E-state index contributed by atoms with van der Waals surface area (Å²) >= 11 is 1.53. The van der Waals surface area contributed by atoms with E-state index in [4.69, 9.17) is 0 Å². The number of hydrogen-bond acceptors (Lipinski definition) is 4. The summed E-state index contributed by atoms with van der Waals surface area (Å²) in [6.07, 6.45) is -5.97. The van der Waals surface area contributed by atoms with Gasteiger partial charge in [-0.3, -0.25) is 4.98 Å². The molecule has 0 N–H and O–H groups in total. The Balaban J connectivity index is 2.06. The van der Waals surface area contributed by atoms with Gasteiger partial charge in [0.1, 0.15) is 11.3 Å². The summed E-state index contributed by atoms with van der Waals surface area (Å²) in [6, 6.07) is 3.09. The zero-order valence-corrected chi connectivity index (χ0v) is 16.7. The smallest absolute Gasteiger partial charge is 0.312 e. The van der Waals surface area contributed by atoms with Crippen LogP contribution in [0.5, 0.6) is 0 Å². The number of imidazole rings is 1. The second kappa shape index (κ2) is 8.29. The van der Waals surface area contributed by atoms with Gasteiger partial charge in [-0.1, -0.05) is 6.92 Å². The molecule has 0 spiro atoms. The van der Waals surface area contributed by atoms with Crippen molar-refractivity contribution in [1.29, 1.82) is 0 Å². The predicted molar refractivity (Wildman–Crippen MR) is 104 cm³/mol. The lowest BCUT2D eigenvalue weighted by atomic mass is 10.2. The lowest BCUT2D eigenvalue weighted by molar-refractivity contribution is -0.138. The number of aryl methyl sites for hydroxylation is 1. The molecule has 0 saturated carbocycles. The van der Waals surface area contributed by atoms with Crippen LogP contribution >= 0.6 is 11.8 Å². The molecule has 0 aliphatic rings. The first kappa shape index (κ1) is 22.1. The molecule has 11 heteroatoms. The monoisotopic (exact) mass is 446 g/mol. The number of hydrogen-bond donors (Lipinski definition) is 0. The van der Waals surface area contributed by atoms with Crippen molar-refractivity contribution in [2.24, 2.45) is 7.05 Å². The molecule has 3 aromatic heterocycles. The fourth-order valence-corrected chi connectivity index (χ4v) is 3.37. The van der Waals surface area contributed by atoms with E-state index in [1.54, 1.807) is 17.7 Å². The maximum absolute atomic E-state index is 13.0. The fraction of sp³-hybridized carbons (Fsp3) is 0.316. The maximum Gasteiger partial charge on any atom is 0.417 e. The van der Waals surface area contributed by atoms with Crippen LogP contribution in [0, 0.1) is 0 Å². The van der Waals surface area contributed by atoms with Gasteiger partial charge in [0.25, 0.3) is 0 Å². The number of halogens is 6. The van der Waals surface area contributed by atoms with Crippen LogP contribution in [0.4, 0.5) is 26.3 Å².